The number of pyridine rings is 1. The van der Waals surface area contributed by atoms with E-state index in [4.69, 9.17) is 4.74 Å². The summed E-state index contributed by atoms with van der Waals surface area (Å²) in [6, 6.07) is 18.7. The topological polar surface area (TPSA) is 69.4 Å². The van der Waals surface area contributed by atoms with Crippen molar-refractivity contribution in [3.05, 3.63) is 95.7 Å². The molecule has 1 unspecified atom stereocenters. The molecule has 0 radical (unpaired) electrons. The molecular weight excluding hydrogens is 416 g/mol. The number of imidazole rings is 1. The van der Waals surface area contributed by atoms with Gasteiger partial charge in [0.1, 0.15) is 11.5 Å². The van der Waals surface area contributed by atoms with Crippen molar-refractivity contribution in [2.45, 2.75) is 19.4 Å². The van der Waals surface area contributed by atoms with Crippen LogP contribution in [0.2, 0.25) is 0 Å². The van der Waals surface area contributed by atoms with Crippen molar-refractivity contribution < 1.29 is 9.53 Å². The van der Waals surface area contributed by atoms with Crippen LogP contribution in [0.1, 0.15) is 19.4 Å². The highest BCUT2D eigenvalue weighted by atomic mass is 16.5. The summed E-state index contributed by atoms with van der Waals surface area (Å²) in [5, 5.41) is 0. The SMILES string of the molecule is C=C(C)C(=O)N1CCC(n2c(=O)n(-c3ccc(Oc4ccccc4)cc3)c3cnccc32)C1. The minimum Gasteiger partial charge on any atom is -0.457 e. The fourth-order valence-corrected chi connectivity index (χ4v) is 4.37. The zero-order valence-corrected chi connectivity index (χ0v) is 18.3. The Labute approximate surface area is 191 Å². The third-order valence-electron chi connectivity index (χ3n) is 5.93. The third kappa shape index (κ3) is 3.82. The van der Waals surface area contributed by atoms with Crippen LogP contribution >= 0.6 is 0 Å². The van der Waals surface area contributed by atoms with Crippen LogP contribution in [0.15, 0.2) is 90.0 Å². The molecular formula is C26H24N4O3. The lowest BCUT2D eigenvalue weighted by Crippen LogP contribution is -2.32. The van der Waals surface area contributed by atoms with Crippen molar-refractivity contribution in [1.29, 1.82) is 0 Å². The lowest BCUT2D eigenvalue weighted by atomic mass is 10.2. The van der Waals surface area contributed by atoms with Gasteiger partial charge >= 0.3 is 5.69 Å². The van der Waals surface area contributed by atoms with E-state index in [-0.39, 0.29) is 17.6 Å². The Kier molecular flexibility index (Phi) is 5.30. The molecule has 4 aromatic rings. The zero-order chi connectivity index (χ0) is 22.9. The normalized spacial score (nSPS) is 15.7. The van der Waals surface area contributed by atoms with Gasteiger partial charge in [-0.25, -0.2) is 4.79 Å². The maximum absolute atomic E-state index is 13.6. The monoisotopic (exact) mass is 440 g/mol. The molecule has 0 saturated carbocycles. The predicted molar refractivity (Wildman–Crippen MR) is 127 cm³/mol. The molecule has 0 spiro atoms. The number of hydrogen-bond donors (Lipinski definition) is 0. The number of aromatic nitrogens is 3. The number of carbonyl (C=O) groups excluding carboxylic acids is 1. The number of nitrogens with zero attached hydrogens (tertiary/aromatic N) is 4. The molecule has 7 nitrogen and oxygen atoms in total. The molecule has 33 heavy (non-hydrogen) atoms. The first-order valence-electron chi connectivity index (χ1n) is 10.9. The number of rotatable bonds is 5. The summed E-state index contributed by atoms with van der Waals surface area (Å²) in [6.45, 7) is 6.56. The van der Waals surface area contributed by atoms with Gasteiger partial charge in [-0.05, 0) is 55.8 Å². The van der Waals surface area contributed by atoms with Gasteiger partial charge in [-0.15, -0.1) is 0 Å². The highest BCUT2D eigenvalue weighted by molar-refractivity contribution is 5.92. The number of hydrogen-bond acceptors (Lipinski definition) is 4. The summed E-state index contributed by atoms with van der Waals surface area (Å²) in [7, 11) is 0. The van der Waals surface area contributed by atoms with E-state index in [9.17, 15) is 9.59 Å². The van der Waals surface area contributed by atoms with Gasteiger partial charge in [-0.3, -0.25) is 18.9 Å². The number of para-hydroxylation sites is 1. The van der Waals surface area contributed by atoms with Gasteiger partial charge in [0.15, 0.2) is 0 Å². The number of amides is 1. The Bertz CT molecular complexity index is 1390. The van der Waals surface area contributed by atoms with Crippen molar-refractivity contribution in [2.75, 3.05) is 13.1 Å². The minimum atomic E-state index is -0.149. The Morgan fingerprint density at radius 2 is 1.76 bits per heavy atom. The number of benzene rings is 2. The average molecular weight is 441 g/mol. The van der Waals surface area contributed by atoms with Crippen molar-refractivity contribution in [2.24, 2.45) is 0 Å². The third-order valence-corrected chi connectivity index (χ3v) is 5.93. The van der Waals surface area contributed by atoms with E-state index in [0.29, 0.717) is 30.8 Å². The zero-order valence-electron chi connectivity index (χ0n) is 18.3. The van der Waals surface area contributed by atoms with Gasteiger partial charge in [0.05, 0.1) is 29.0 Å². The second-order valence-electron chi connectivity index (χ2n) is 8.24. The first-order valence-corrected chi connectivity index (χ1v) is 10.9. The van der Waals surface area contributed by atoms with Crippen molar-refractivity contribution in [3.63, 3.8) is 0 Å². The summed E-state index contributed by atoms with van der Waals surface area (Å²) in [5.41, 5.74) is 2.61. The predicted octanol–water partition coefficient (Wildman–Crippen LogP) is 4.33. The lowest BCUT2D eigenvalue weighted by molar-refractivity contribution is -0.126. The summed E-state index contributed by atoms with van der Waals surface area (Å²) in [4.78, 5) is 32.0. The molecule has 2 aromatic heterocycles. The molecule has 7 heteroatoms. The van der Waals surface area contributed by atoms with Gasteiger partial charge in [-0.1, -0.05) is 24.8 Å². The number of likely N-dealkylation sites (tertiary alicyclic amines) is 1. The summed E-state index contributed by atoms with van der Waals surface area (Å²) >= 11 is 0. The van der Waals surface area contributed by atoms with E-state index in [2.05, 4.69) is 11.6 Å². The molecule has 1 amide bonds. The van der Waals surface area contributed by atoms with Crippen LogP contribution in [-0.4, -0.2) is 38.0 Å². The maximum atomic E-state index is 13.6. The molecule has 1 aliphatic heterocycles. The first kappa shape index (κ1) is 20.8. The Morgan fingerprint density at radius 1 is 1.03 bits per heavy atom. The number of ether oxygens (including phenoxy) is 1. The first-order chi connectivity index (χ1) is 16.0. The average Bonchev–Trinajstić information content (AvgIpc) is 3.42. The van der Waals surface area contributed by atoms with Crippen molar-refractivity contribution >= 4 is 16.9 Å². The van der Waals surface area contributed by atoms with Crippen LogP contribution < -0.4 is 10.4 Å². The second-order valence-corrected chi connectivity index (χ2v) is 8.24. The van der Waals surface area contributed by atoms with E-state index in [0.717, 1.165) is 22.5 Å². The number of carbonyl (C=O) groups is 1. The van der Waals surface area contributed by atoms with Crippen LogP contribution in [0.4, 0.5) is 0 Å². The highest BCUT2D eigenvalue weighted by Gasteiger charge is 2.30. The summed E-state index contributed by atoms with van der Waals surface area (Å²) in [5.74, 6) is 1.37. The highest BCUT2D eigenvalue weighted by Crippen LogP contribution is 2.28. The van der Waals surface area contributed by atoms with Gasteiger partial charge < -0.3 is 9.64 Å². The van der Waals surface area contributed by atoms with E-state index < -0.39 is 0 Å². The molecule has 0 N–H and O–H groups in total. The van der Waals surface area contributed by atoms with Gasteiger partial charge in [0, 0.05) is 24.9 Å². The molecule has 1 fully saturated rings. The Hall–Kier alpha value is -4.13. The smallest absolute Gasteiger partial charge is 0.334 e. The van der Waals surface area contributed by atoms with E-state index >= 15 is 0 Å². The lowest BCUT2D eigenvalue weighted by Gasteiger charge is -2.17. The van der Waals surface area contributed by atoms with E-state index in [1.54, 1.807) is 33.4 Å². The van der Waals surface area contributed by atoms with Crippen molar-refractivity contribution in [3.8, 4) is 17.2 Å². The van der Waals surface area contributed by atoms with Crippen LogP contribution in [0.5, 0.6) is 11.5 Å². The Balaban J connectivity index is 1.50. The molecule has 2 aromatic carbocycles. The van der Waals surface area contributed by atoms with Crippen LogP contribution in [0, 0.1) is 0 Å². The van der Waals surface area contributed by atoms with Gasteiger partial charge in [0.25, 0.3) is 0 Å². The molecule has 3 heterocycles. The van der Waals surface area contributed by atoms with Gasteiger partial charge in [-0.2, -0.15) is 0 Å². The minimum absolute atomic E-state index is 0.0649. The largest absolute Gasteiger partial charge is 0.457 e. The Morgan fingerprint density at radius 3 is 2.48 bits per heavy atom. The fraction of sp³-hybridized carbons (Fsp3) is 0.192. The molecule has 1 aliphatic rings. The van der Waals surface area contributed by atoms with Gasteiger partial charge in [0.2, 0.25) is 5.91 Å². The van der Waals surface area contributed by atoms with Crippen LogP contribution in [-0.2, 0) is 4.79 Å². The van der Waals surface area contributed by atoms with Crippen molar-refractivity contribution in [1.82, 2.24) is 19.0 Å². The van der Waals surface area contributed by atoms with E-state index in [1.807, 2.05) is 60.7 Å². The molecule has 1 saturated heterocycles. The fourth-order valence-electron chi connectivity index (χ4n) is 4.37. The maximum Gasteiger partial charge on any atom is 0.334 e. The quantitative estimate of drug-likeness (QED) is 0.433. The summed E-state index contributed by atoms with van der Waals surface area (Å²) in [6.07, 6.45) is 4.10. The van der Waals surface area contributed by atoms with E-state index in [1.165, 1.54) is 0 Å². The van der Waals surface area contributed by atoms with Crippen LogP contribution in [0.25, 0.3) is 16.7 Å². The molecule has 1 atom stereocenters. The second kappa shape index (κ2) is 8.43. The summed E-state index contributed by atoms with van der Waals surface area (Å²) < 4.78 is 9.33. The molecule has 0 bridgehead atoms. The number of fused-ring (bicyclic) bond motifs is 1. The molecule has 0 aliphatic carbocycles. The standard InChI is InChI=1S/C26H24N4O3/c1-18(2)25(31)28-15-13-20(17-28)30-23-12-14-27-16-24(23)29(26(30)32)19-8-10-22(11-9-19)33-21-6-4-3-5-7-21/h3-12,14,16,20H,1,13,15,17H2,2H3. The molecule has 5 rings (SSSR count). The van der Waals surface area contributed by atoms with Crippen LogP contribution in [0.3, 0.4) is 0 Å². The molecule has 166 valence electrons.